The van der Waals surface area contributed by atoms with E-state index in [1.165, 1.54) is 36.1 Å². The van der Waals surface area contributed by atoms with Gasteiger partial charge in [-0.1, -0.05) is 12.1 Å². The Kier molecular flexibility index (Phi) is 7.05. The highest BCUT2D eigenvalue weighted by molar-refractivity contribution is 7.98. The number of amides is 1. The lowest BCUT2D eigenvalue weighted by Gasteiger charge is -2.16. The van der Waals surface area contributed by atoms with Crippen molar-refractivity contribution in [2.24, 2.45) is 0 Å². The molecule has 0 atom stereocenters. The van der Waals surface area contributed by atoms with Crippen molar-refractivity contribution in [3.05, 3.63) is 29.8 Å². The van der Waals surface area contributed by atoms with Crippen LogP contribution in [0.2, 0.25) is 0 Å². The first-order valence-corrected chi connectivity index (χ1v) is 9.49. The largest absolute Gasteiger partial charge is 0.344 e. The number of rotatable bonds is 8. The van der Waals surface area contributed by atoms with E-state index in [2.05, 4.69) is 4.72 Å². The monoisotopic (exact) mass is 344 g/mol. The zero-order valence-corrected chi connectivity index (χ0v) is 14.5. The zero-order chi connectivity index (χ0) is 16.8. The van der Waals surface area contributed by atoms with Crippen LogP contribution in [0.5, 0.6) is 0 Å². The Balaban J connectivity index is 2.67. The molecule has 6 nitrogen and oxygen atoms in total. The van der Waals surface area contributed by atoms with Gasteiger partial charge in [0.1, 0.15) is 0 Å². The number of nitrogens with zero attached hydrogens (tertiary/aromatic N) is 1. The molecular formula is C14H20N2O4S2. The molecule has 8 heteroatoms. The van der Waals surface area contributed by atoms with Crippen LogP contribution in [0.3, 0.4) is 0 Å². The summed E-state index contributed by atoms with van der Waals surface area (Å²) in [6.07, 6.45) is 1.94. The Morgan fingerprint density at radius 1 is 1.23 bits per heavy atom. The Bertz CT molecular complexity index is 627. The van der Waals surface area contributed by atoms with Gasteiger partial charge in [-0.25, -0.2) is 13.1 Å². The van der Waals surface area contributed by atoms with Crippen molar-refractivity contribution in [3.63, 3.8) is 0 Å². The summed E-state index contributed by atoms with van der Waals surface area (Å²) >= 11 is 1.61. The number of Topliss-reactive ketones (excluding diaryl/α,β-unsaturated/α-hetero) is 1. The lowest BCUT2D eigenvalue weighted by Crippen LogP contribution is -2.39. The molecule has 1 amide bonds. The Hall–Kier alpha value is -1.38. The van der Waals surface area contributed by atoms with Crippen LogP contribution in [0.1, 0.15) is 17.3 Å². The number of sulfonamides is 1. The minimum atomic E-state index is -3.77. The Labute approximate surface area is 135 Å². The molecule has 1 N–H and O–H groups in total. The molecule has 0 heterocycles. The number of hydrogen-bond donors (Lipinski definition) is 1. The van der Waals surface area contributed by atoms with Crippen molar-refractivity contribution in [1.29, 1.82) is 0 Å². The van der Waals surface area contributed by atoms with Crippen molar-refractivity contribution in [3.8, 4) is 0 Å². The third-order valence-electron chi connectivity index (χ3n) is 3.04. The molecule has 0 aliphatic carbocycles. The quantitative estimate of drug-likeness (QED) is 0.711. The molecule has 0 spiro atoms. The van der Waals surface area contributed by atoms with E-state index < -0.39 is 10.0 Å². The average molecular weight is 344 g/mol. The van der Waals surface area contributed by atoms with E-state index in [0.717, 1.165) is 5.75 Å². The highest BCUT2D eigenvalue weighted by Crippen LogP contribution is 2.10. The van der Waals surface area contributed by atoms with Gasteiger partial charge >= 0.3 is 0 Å². The first-order chi connectivity index (χ1) is 10.3. The smallest absolute Gasteiger partial charge is 0.241 e. The average Bonchev–Trinajstić information content (AvgIpc) is 2.50. The number of carbonyl (C=O) groups excluding carboxylic acids is 2. The van der Waals surface area contributed by atoms with E-state index in [1.807, 2.05) is 6.26 Å². The first-order valence-electron chi connectivity index (χ1n) is 6.61. The van der Waals surface area contributed by atoms with Crippen LogP contribution in [0, 0.1) is 0 Å². The topological polar surface area (TPSA) is 83.6 Å². The van der Waals surface area contributed by atoms with Gasteiger partial charge in [0.25, 0.3) is 0 Å². The maximum atomic E-state index is 12.1. The molecule has 0 unspecified atom stereocenters. The number of nitrogens with one attached hydrogen (secondary N) is 1. The summed E-state index contributed by atoms with van der Waals surface area (Å²) in [5, 5.41) is 0. The molecule has 1 aromatic carbocycles. The summed E-state index contributed by atoms with van der Waals surface area (Å²) in [4.78, 5) is 24.5. The second kappa shape index (κ2) is 8.30. The summed E-state index contributed by atoms with van der Waals surface area (Å²) < 4.78 is 26.4. The maximum absolute atomic E-state index is 12.1. The molecule has 0 fully saturated rings. The Morgan fingerprint density at radius 3 is 2.32 bits per heavy atom. The van der Waals surface area contributed by atoms with Gasteiger partial charge in [0.15, 0.2) is 5.78 Å². The van der Waals surface area contributed by atoms with E-state index in [0.29, 0.717) is 12.1 Å². The third kappa shape index (κ3) is 5.43. The molecule has 0 aliphatic heterocycles. The number of thioether (sulfide) groups is 1. The Morgan fingerprint density at radius 2 is 1.82 bits per heavy atom. The second-order valence-electron chi connectivity index (χ2n) is 4.71. The van der Waals surface area contributed by atoms with E-state index in [4.69, 9.17) is 0 Å². The standard InChI is InChI=1S/C14H20N2O4S2/c1-11(17)12-4-6-13(7-5-12)22(19,20)15-10-14(18)16(2)8-9-21-3/h4-7,15H,8-10H2,1-3H3. The van der Waals surface area contributed by atoms with Crippen LogP contribution in [-0.4, -0.2) is 57.2 Å². The van der Waals surface area contributed by atoms with Crippen molar-refractivity contribution >= 4 is 33.5 Å². The second-order valence-corrected chi connectivity index (χ2v) is 7.47. The van der Waals surface area contributed by atoms with Gasteiger partial charge in [0.05, 0.1) is 11.4 Å². The lowest BCUT2D eigenvalue weighted by molar-refractivity contribution is -0.128. The number of benzene rings is 1. The van der Waals surface area contributed by atoms with E-state index in [1.54, 1.807) is 18.8 Å². The number of ketones is 1. The normalized spacial score (nSPS) is 11.2. The van der Waals surface area contributed by atoms with Gasteiger partial charge in [-0.2, -0.15) is 11.8 Å². The fourth-order valence-electron chi connectivity index (χ4n) is 1.60. The molecule has 0 saturated carbocycles. The maximum Gasteiger partial charge on any atom is 0.241 e. The van der Waals surface area contributed by atoms with Crippen LogP contribution >= 0.6 is 11.8 Å². The number of carbonyl (C=O) groups is 2. The van der Waals surface area contributed by atoms with Crippen molar-refractivity contribution in [1.82, 2.24) is 9.62 Å². The fourth-order valence-corrected chi connectivity index (χ4v) is 3.03. The van der Waals surface area contributed by atoms with Gasteiger partial charge in [-0.3, -0.25) is 9.59 Å². The molecule has 0 radical (unpaired) electrons. The van der Waals surface area contributed by atoms with Gasteiger partial charge < -0.3 is 4.90 Å². The highest BCUT2D eigenvalue weighted by atomic mass is 32.2. The number of likely N-dealkylation sites (N-methyl/N-ethyl adjacent to an activating group) is 1. The summed E-state index contributed by atoms with van der Waals surface area (Å²) in [6.45, 7) is 1.68. The van der Waals surface area contributed by atoms with Crippen LogP contribution in [0.25, 0.3) is 0 Å². The molecule has 122 valence electrons. The van der Waals surface area contributed by atoms with Crippen LogP contribution in [0.4, 0.5) is 0 Å². The van der Waals surface area contributed by atoms with Crippen LogP contribution in [0.15, 0.2) is 29.2 Å². The number of hydrogen-bond acceptors (Lipinski definition) is 5. The van der Waals surface area contributed by atoms with Gasteiger partial charge in [0.2, 0.25) is 15.9 Å². The molecular weight excluding hydrogens is 324 g/mol. The molecule has 0 saturated heterocycles. The first kappa shape index (κ1) is 18.7. The van der Waals surface area contributed by atoms with Gasteiger partial charge in [0, 0.05) is 24.9 Å². The summed E-state index contributed by atoms with van der Waals surface area (Å²) in [5.41, 5.74) is 0.437. The van der Waals surface area contributed by atoms with Crippen LogP contribution in [-0.2, 0) is 14.8 Å². The van der Waals surface area contributed by atoms with E-state index >= 15 is 0 Å². The fraction of sp³-hybridized carbons (Fsp3) is 0.429. The van der Waals surface area contributed by atoms with Crippen LogP contribution < -0.4 is 4.72 Å². The predicted molar refractivity (Wildman–Crippen MR) is 87.7 cm³/mol. The molecule has 0 aromatic heterocycles. The molecule has 22 heavy (non-hydrogen) atoms. The van der Waals surface area contributed by atoms with Crippen molar-refractivity contribution in [2.75, 3.05) is 32.1 Å². The lowest BCUT2D eigenvalue weighted by atomic mass is 10.2. The highest BCUT2D eigenvalue weighted by Gasteiger charge is 2.17. The van der Waals surface area contributed by atoms with Gasteiger partial charge in [-0.15, -0.1) is 0 Å². The molecule has 0 bridgehead atoms. The van der Waals surface area contributed by atoms with Gasteiger partial charge in [-0.05, 0) is 25.3 Å². The van der Waals surface area contributed by atoms with Crippen molar-refractivity contribution in [2.45, 2.75) is 11.8 Å². The summed E-state index contributed by atoms with van der Waals surface area (Å²) in [7, 11) is -2.13. The van der Waals surface area contributed by atoms with E-state index in [-0.39, 0.29) is 23.1 Å². The summed E-state index contributed by atoms with van der Waals surface area (Å²) in [6, 6.07) is 5.59. The minimum Gasteiger partial charge on any atom is -0.344 e. The van der Waals surface area contributed by atoms with Crippen molar-refractivity contribution < 1.29 is 18.0 Å². The predicted octanol–water partition coefficient (Wildman–Crippen LogP) is 0.989. The molecule has 1 aromatic rings. The third-order valence-corrected chi connectivity index (χ3v) is 5.05. The molecule has 1 rings (SSSR count). The minimum absolute atomic E-state index is 0.0251. The summed E-state index contributed by atoms with van der Waals surface area (Å²) in [5.74, 6) is 0.363. The molecule has 0 aliphatic rings. The van der Waals surface area contributed by atoms with E-state index in [9.17, 15) is 18.0 Å². The SMILES string of the molecule is CSCCN(C)C(=O)CNS(=O)(=O)c1ccc(C(C)=O)cc1. The zero-order valence-electron chi connectivity index (χ0n) is 12.8.